The van der Waals surface area contributed by atoms with Gasteiger partial charge in [0, 0.05) is 23.8 Å². The molecule has 3 nitrogen and oxygen atoms in total. The Labute approximate surface area is 181 Å². The summed E-state index contributed by atoms with van der Waals surface area (Å²) in [7, 11) is 0. The predicted molar refractivity (Wildman–Crippen MR) is 124 cm³/mol. The van der Waals surface area contributed by atoms with Crippen LogP contribution in [-0.4, -0.2) is 4.98 Å². The molecule has 0 saturated heterocycles. The molecule has 2 heterocycles. The van der Waals surface area contributed by atoms with Gasteiger partial charge in [0.15, 0.2) is 18.2 Å². The molecule has 0 saturated carbocycles. The maximum atomic E-state index is 6.15. The summed E-state index contributed by atoms with van der Waals surface area (Å²) in [6.45, 7) is 0. The molecule has 0 aliphatic carbocycles. The van der Waals surface area contributed by atoms with Crippen molar-refractivity contribution in [3.63, 3.8) is 0 Å². The predicted octanol–water partition coefficient (Wildman–Crippen LogP) is 6.34. The second-order valence-corrected chi connectivity index (χ2v) is 7.20. The van der Waals surface area contributed by atoms with E-state index in [-0.39, 0.29) is 0 Å². The fourth-order valence-corrected chi connectivity index (χ4v) is 3.49. The maximum Gasteiger partial charge on any atom is 0.294 e. The van der Waals surface area contributed by atoms with Gasteiger partial charge in [-0.3, -0.25) is 0 Å². The third kappa shape index (κ3) is 4.21. The molecule has 5 aromatic rings. The zero-order valence-electron chi connectivity index (χ0n) is 16.9. The fourth-order valence-electron chi connectivity index (χ4n) is 3.49. The number of hydrogen-bond acceptors (Lipinski definition) is 2. The van der Waals surface area contributed by atoms with Gasteiger partial charge in [-0.25, -0.2) is 4.98 Å². The van der Waals surface area contributed by atoms with Gasteiger partial charge in [0.05, 0.1) is 6.20 Å². The Kier molecular flexibility index (Phi) is 5.23. The zero-order chi connectivity index (χ0) is 20.9. The second-order valence-electron chi connectivity index (χ2n) is 7.20. The van der Waals surface area contributed by atoms with Crippen molar-refractivity contribution >= 4 is 11.8 Å². The van der Waals surface area contributed by atoms with Gasteiger partial charge in [-0.15, -0.1) is 0 Å². The van der Waals surface area contributed by atoms with Crippen molar-refractivity contribution in [2.75, 3.05) is 0 Å². The molecule has 0 unspecified atom stereocenters. The summed E-state index contributed by atoms with van der Waals surface area (Å²) in [6.07, 6.45) is 7.86. The molecule has 0 spiro atoms. The van der Waals surface area contributed by atoms with E-state index in [1.807, 2.05) is 71.6 Å². The van der Waals surface area contributed by atoms with Crippen molar-refractivity contribution < 1.29 is 8.98 Å². The van der Waals surface area contributed by atoms with Gasteiger partial charge in [0.25, 0.3) is 11.6 Å². The van der Waals surface area contributed by atoms with Crippen LogP contribution in [0.5, 0.6) is 0 Å². The molecule has 2 aromatic heterocycles. The topological polar surface area (TPSA) is 29.9 Å². The molecule has 0 radical (unpaired) electrons. The lowest BCUT2D eigenvalue weighted by atomic mass is 10.0. The highest BCUT2D eigenvalue weighted by Crippen LogP contribution is 2.25. The summed E-state index contributed by atoms with van der Waals surface area (Å²) in [4.78, 5) is 4.57. The van der Waals surface area contributed by atoms with Crippen LogP contribution in [0.4, 0.5) is 0 Å². The number of benzene rings is 3. The van der Waals surface area contributed by atoms with E-state index in [2.05, 4.69) is 59.6 Å². The Balaban J connectivity index is 1.53. The van der Waals surface area contributed by atoms with E-state index >= 15 is 0 Å². The molecular weight excluding hydrogens is 380 g/mol. The first kappa shape index (κ1) is 18.8. The van der Waals surface area contributed by atoms with Gasteiger partial charge in [0.2, 0.25) is 0 Å². The standard InChI is InChI=1S/C28H21N2O/c1-4-10-23(11-5-1)24-16-14-22(15-17-24)20-26(30-18-8-3-9-19-30)28-29-21-27(31-28)25-12-6-2-7-13-25/h1-21H/q+1/b26-20+. The molecule has 0 aliphatic heterocycles. The molecule has 0 atom stereocenters. The van der Waals surface area contributed by atoms with Gasteiger partial charge >= 0.3 is 0 Å². The molecule has 148 valence electrons. The van der Waals surface area contributed by atoms with Crippen molar-refractivity contribution in [3.05, 3.63) is 133 Å². The quantitative estimate of drug-likeness (QED) is 0.322. The van der Waals surface area contributed by atoms with Crippen LogP contribution in [0.15, 0.2) is 126 Å². The van der Waals surface area contributed by atoms with Gasteiger partial charge < -0.3 is 4.42 Å². The minimum Gasteiger partial charge on any atom is -0.432 e. The smallest absolute Gasteiger partial charge is 0.294 e. The summed E-state index contributed by atoms with van der Waals surface area (Å²) in [5, 5.41) is 0. The van der Waals surface area contributed by atoms with Crippen molar-refractivity contribution in [2.24, 2.45) is 0 Å². The summed E-state index contributed by atoms with van der Waals surface area (Å²) < 4.78 is 8.17. The first-order valence-electron chi connectivity index (χ1n) is 10.2. The molecule has 0 fully saturated rings. The SMILES string of the molecule is C(=C(/c1ncc(-c2ccccc2)o1)[n+]1ccccc1)/c1ccc(-c2ccccc2)cc1. The number of aromatic nitrogens is 2. The first-order chi connectivity index (χ1) is 15.4. The number of hydrogen-bond donors (Lipinski definition) is 0. The fraction of sp³-hybridized carbons (Fsp3) is 0. The average molecular weight is 401 g/mol. The summed E-state index contributed by atoms with van der Waals surface area (Å²) >= 11 is 0. The molecule has 0 amide bonds. The number of rotatable bonds is 5. The normalized spacial score (nSPS) is 11.4. The van der Waals surface area contributed by atoms with E-state index < -0.39 is 0 Å². The lowest BCUT2D eigenvalue weighted by molar-refractivity contribution is -0.579. The van der Waals surface area contributed by atoms with E-state index in [4.69, 9.17) is 4.42 Å². The van der Waals surface area contributed by atoms with E-state index in [0.29, 0.717) is 5.89 Å². The summed E-state index contributed by atoms with van der Waals surface area (Å²) in [5.41, 5.74) is 5.34. The van der Waals surface area contributed by atoms with Crippen molar-refractivity contribution in [1.82, 2.24) is 4.98 Å². The highest BCUT2D eigenvalue weighted by molar-refractivity contribution is 5.75. The number of pyridine rings is 1. The molecule has 0 bridgehead atoms. The van der Waals surface area contributed by atoms with Crippen LogP contribution in [0, 0.1) is 0 Å². The lowest BCUT2D eigenvalue weighted by Gasteiger charge is -2.03. The minimum absolute atomic E-state index is 0.571. The van der Waals surface area contributed by atoms with Crippen LogP contribution in [0.25, 0.3) is 34.2 Å². The molecule has 3 heteroatoms. The van der Waals surface area contributed by atoms with Crippen LogP contribution in [0.1, 0.15) is 11.5 Å². The average Bonchev–Trinajstić information content (AvgIpc) is 3.35. The van der Waals surface area contributed by atoms with Crippen LogP contribution in [0.3, 0.4) is 0 Å². The van der Waals surface area contributed by atoms with Crippen molar-refractivity contribution in [3.8, 4) is 22.5 Å². The Morgan fingerprint density at radius 1 is 0.645 bits per heavy atom. The molecule has 3 aromatic carbocycles. The van der Waals surface area contributed by atoms with Crippen LogP contribution >= 0.6 is 0 Å². The Bertz CT molecular complexity index is 1290. The molecule has 5 rings (SSSR count). The zero-order valence-corrected chi connectivity index (χ0v) is 16.9. The van der Waals surface area contributed by atoms with Crippen LogP contribution in [0.2, 0.25) is 0 Å². The minimum atomic E-state index is 0.571. The summed E-state index contributed by atoms with van der Waals surface area (Å²) in [6, 6.07) is 34.9. The van der Waals surface area contributed by atoms with Gasteiger partial charge in [-0.1, -0.05) is 91.0 Å². The highest BCUT2D eigenvalue weighted by atomic mass is 16.4. The highest BCUT2D eigenvalue weighted by Gasteiger charge is 2.20. The maximum absolute atomic E-state index is 6.15. The molecular formula is C28H21N2O+. The third-order valence-electron chi connectivity index (χ3n) is 5.10. The summed E-state index contributed by atoms with van der Waals surface area (Å²) in [5.74, 6) is 1.32. The van der Waals surface area contributed by atoms with Gasteiger partial charge in [-0.2, -0.15) is 4.57 Å². The third-order valence-corrected chi connectivity index (χ3v) is 5.10. The first-order valence-corrected chi connectivity index (χ1v) is 10.2. The van der Waals surface area contributed by atoms with E-state index in [1.165, 1.54) is 11.1 Å². The van der Waals surface area contributed by atoms with Crippen LogP contribution < -0.4 is 4.57 Å². The van der Waals surface area contributed by atoms with Crippen molar-refractivity contribution in [2.45, 2.75) is 0 Å². The Morgan fingerprint density at radius 3 is 1.90 bits per heavy atom. The van der Waals surface area contributed by atoms with Gasteiger partial charge in [0.1, 0.15) is 0 Å². The molecule has 0 N–H and O–H groups in total. The van der Waals surface area contributed by atoms with E-state index in [1.54, 1.807) is 6.20 Å². The van der Waals surface area contributed by atoms with E-state index in [0.717, 1.165) is 22.6 Å². The second kappa shape index (κ2) is 8.64. The largest absolute Gasteiger partial charge is 0.432 e. The number of oxazole rings is 1. The number of nitrogens with zero attached hydrogens (tertiary/aromatic N) is 2. The Hall–Kier alpha value is -4.24. The lowest BCUT2D eigenvalue weighted by Crippen LogP contribution is -2.31. The van der Waals surface area contributed by atoms with E-state index in [9.17, 15) is 0 Å². The van der Waals surface area contributed by atoms with Crippen LogP contribution in [-0.2, 0) is 0 Å². The molecule has 31 heavy (non-hydrogen) atoms. The van der Waals surface area contributed by atoms with Gasteiger partial charge in [-0.05, 0) is 16.7 Å². The molecule has 0 aliphatic rings. The monoisotopic (exact) mass is 401 g/mol. The Morgan fingerprint density at radius 2 is 1.23 bits per heavy atom. The van der Waals surface area contributed by atoms with Crippen molar-refractivity contribution in [1.29, 1.82) is 0 Å².